The molecule has 1 N–H and O–H groups in total. The maximum absolute atomic E-state index is 12.2. The molecule has 1 aliphatic carbocycles. The van der Waals surface area contributed by atoms with Gasteiger partial charge in [-0.15, -0.1) is 0 Å². The zero-order chi connectivity index (χ0) is 13.2. The Balaban J connectivity index is 2.01. The fourth-order valence-electron chi connectivity index (χ4n) is 2.27. The number of hydrogen-bond acceptors (Lipinski definition) is 2. The first-order chi connectivity index (χ1) is 8.52. The van der Waals surface area contributed by atoms with Crippen molar-refractivity contribution in [3.8, 4) is 0 Å². The van der Waals surface area contributed by atoms with Gasteiger partial charge in [-0.25, -0.2) is 0 Å². The van der Waals surface area contributed by atoms with Crippen molar-refractivity contribution in [3.05, 3.63) is 18.0 Å². The number of carbonyl (C=O) groups excluding carboxylic acids is 1. The van der Waals surface area contributed by atoms with E-state index in [1.54, 1.807) is 12.3 Å². The molecule has 1 amide bonds. The number of hydrogen-bond donors (Lipinski definition) is 1. The van der Waals surface area contributed by atoms with Gasteiger partial charge in [-0.2, -0.15) is 5.10 Å². The van der Waals surface area contributed by atoms with E-state index in [0.29, 0.717) is 5.69 Å². The van der Waals surface area contributed by atoms with E-state index >= 15 is 0 Å². The van der Waals surface area contributed by atoms with Crippen molar-refractivity contribution < 1.29 is 4.79 Å². The van der Waals surface area contributed by atoms with Gasteiger partial charge in [-0.1, -0.05) is 13.3 Å². The van der Waals surface area contributed by atoms with Crippen LogP contribution in [0.25, 0.3) is 0 Å². The molecule has 2 rings (SSSR count). The molecule has 1 aromatic heterocycles. The molecule has 0 spiro atoms. The zero-order valence-electron chi connectivity index (χ0n) is 11.6. The number of aromatic nitrogens is 2. The second kappa shape index (κ2) is 5.12. The first kappa shape index (κ1) is 13.1. The average molecular weight is 249 g/mol. The summed E-state index contributed by atoms with van der Waals surface area (Å²) in [6.45, 7) is 7.14. The third kappa shape index (κ3) is 3.34. The van der Waals surface area contributed by atoms with Crippen molar-refractivity contribution >= 4 is 5.91 Å². The van der Waals surface area contributed by atoms with Gasteiger partial charge in [-0.3, -0.25) is 9.48 Å². The van der Waals surface area contributed by atoms with Crippen LogP contribution in [0.5, 0.6) is 0 Å². The Kier molecular flexibility index (Phi) is 3.73. The van der Waals surface area contributed by atoms with Gasteiger partial charge in [-0.05, 0) is 45.1 Å². The van der Waals surface area contributed by atoms with Gasteiger partial charge >= 0.3 is 0 Å². The number of amides is 1. The van der Waals surface area contributed by atoms with Crippen molar-refractivity contribution in [2.75, 3.05) is 0 Å². The normalized spacial score (nSPS) is 15.7. The van der Waals surface area contributed by atoms with Crippen LogP contribution in [0.3, 0.4) is 0 Å². The molecule has 1 heterocycles. The van der Waals surface area contributed by atoms with Gasteiger partial charge in [0.05, 0.1) is 0 Å². The highest BCUT2D eigenvalue weighted by Gasteiger charge is 2.26. The Hall–Kier alpha value is -1.32. The SMILES string of the molecule is CCCC(C)(C)NC(=O)c1ccnn1CC1CC1. The van der Waals surface area contributed by atoms with Crippen LogP contribution in [0.15, 0.2) is 12.3 Å². The molecule has 1 saturated carbocycles. The largest absolute Gasteiger partial charge is 0.346 e. The molecule has 18 heavy (non-hydrogen) atoms. The first-order valence-electron chi connectivity index (χ1n) is 6.86. The van der Waals surface area contributed by atoms with E-state index < -0.39 is 0 Å². The van der Waals surface area contributed by atoms with Crippen molar-refractivity contribution in [3.63, 3.8) is 0 Å². The summed E-state index contributed by atoms with van der Waals surface area (Å²) in [5, 5.41) is 7.34. The van der Waals surface area contributed by atoms with E-state index in [0.717, 1.165) is 25.3 Å². The van der Waals surface area contributed by atoms with Crippen LogP contribution in [0.2, 0.25) is 0 Å². The maximum atomic E-state index is 12.2. The smallest absolute Gasteiger partial charge is 0.269 e. The monoisotopic (exact) mass is 249 g/mol. The quantitative estimate of drug-likeness (QED) is 0.842. The number of nitrogens with one attached hydrogen (secondary N) is 1. The number of nitrogens with zero attached hydrogens (tertiary/aromatic N) is 2. The maximum Gasteiger partial charge on any atom is 0.269 e. The molecule has 0 saturated heterocycles. The lowest BCUT2D eigenvalue weighted by molar-refractivity contribution is 0.0897. The van der Waals surface area contributed by atoms with Gasteiger partial charge in [0.15, 0.2) is 0 Å². The highest BCUT2D eigenvalue weighted by Crippen LogP contribution is 2.30. The minimum Gasteiger partial charge on any atom is -0.346 e. The Morgan fingerprint density at radius 2 is 2.28 bits per heavy atom. The Labute approximate surface area is 109 Å². The van der Waals surface area contributed by atoms with Crippen LogP contribution in [0, 0.1) is 5.92 Å². The fraction of sp³-hybridized carbons (Fsp3) is 0.714. The van der Waals surface area contributed by atoms with Gasteiger partial charge in [0, 0.05) is 18.3 Å². The molecule has 0 bridgehead atoms. The molecular formula is C14H23N3O. The molecule has 0 aromatic carbocycles. The summed E-state index contributed by atoms with van der Waals surface area (Å²) in [5.41, 5.74) is 0.534. The van der Waals surface area contributed by atoms with E-state index in [1.807, 2.05) is 4.68 Å². The highest BCUT2D eigenvalue weighted by atomic mass is 16.2. The summed E-state index contributed by atoms with van der Waals surface area (Å²) in [6, 6.07) is 1.81. The summed E-state index contributed by atoms with van der Waals surface area (Å²) in [5.74, 6) is 0.715. The van der Waals surface area contributed by atoms with Crippen LogP contribution in [0.4, 0.5) is 0 Å². The molecule has 0 unspecified atom stereocenters. The average Bonchev–Trinajstić information content (AvgIpc) is 2.93. The molecule has 1 fully saturated rings. The zero-order valence-corrected chi connectivity index (χ0v) is 11.6. The second-order valence-electron chi connectivity index (χ2n) is 5.93. The Morgan fingerprint density at radius 1 is 1.56 bits per heavy atom. The standard InChI is InChI=1S/C14H23N3O/c1-4-8-14(2,3)16-13(18)12-7-9-15-17(12)10-11-5-6-11/h7,9,11H,4-6,8,10H2,1-3H3,(H,16,18). The Bertz CT molecular complexity index is 418. The van der Waals surface area contributed by atoms with Gasteiger partial charge in [0.2, 0.25) is 0 Å². The molecule has 4 heteroatoms. The van der Waals surface area contributed by atoms with E-state index in [-0.39, 0.29) is 11.4 Å². The molecule has 0 aliphatic heterocycles. The lowest BCUT2D eigenvalue weighted by Crippen LogP contribution is -2.44. The van der Waals surface area contributed by atoms with Gasteiger partial charge in [0.1, 0.15) is 5.69 Å². The second-order valence-corrected chi connectivity index (χ2v) is 5.93. The molecule has 1 aromatic rings. The van der Waals surface area contributed by atoms with Crippen LogP contribution < -0.4 is 5.32 Å². The molecule has 100 valence electrons. The molecule has 1 aliphatic rings. The summed E-state index contributed by atoms with van der Waals surface area (Å²) in [6.07, 6.45) is 6.29. The van der Waals surface area contributed by atoms with E-state index in [2.05, 4.69) is 31.2 Å². The highest BCUT2D eigenvalue weighted by molar-refractivity contribution is 5.92. The minimum absolute atomic E-state index is 0.00778. The fourth-order valence-corrected chi connectivity index (χ4v) is 2.27. The molecule has 0 radical (unpaired) electrons. The van der Waals surface area contributed by atoms with Crippen molar-refractivity contribution in [1.82, 2.24) is 15.1 Å². The van der Waals surface area contributed by atoms with Crippen LogP contribution >= 0.6 is 0 Å². The van der Waals surface area contributed by atoms with Crippen molar-refractivity contribution in [2.24, 2.45) is 5.92 Å². The molecule has 4 nitrogen and oxygen atoms in total. The van der Waals surface area contributed by atoms with E-state index in [9.17, 15) is 4.79 Å². The lowest BCUT2D eigenvalue weighted by Gasteiger charge is -2.25. The van der Waals surface area contributed by atoms with E-state index in [1.165, 1.54) is 12.8 Å². The van der Waals surface area contributed by atoms with Gasteiger partial charge in [0.25, 0.3) is 5.91 Å². The van der Waals surface area contributed by atoms with Crippen molar-refractivity contribution in [2.45, 2.75) is 58.5 Å². The van der Waals surface area contributed by atoms with Crippen molar-refractivity contribution in [1.29, 1.82) is 0 Å². The summed E-state index contributed by atoms with van der Waals surface area (Å²) in [4.78, 5) is 12.2. The minimum atomic E-state index is -0.152. The predicted molar refractivity (Wildman–Crippen MR) is 71.4 cm³/mol. The molecular weight excluding hydrogens is 226 g/mol. The third-order valence-corrected chi connectivity index (χ3v) is 3.40. The first-order valence-corrected chi connectivity index (χ1v) is 6.86. The van der Waals surface area contributed by atoms with Crippen LogP contribution in [-0.2, 0) is 6.54 Å². The molecule has 0 atom stereocenters. The third-order valence-electron chi connectivity index (χ3n) is 3.40. The summed E-state index contributed by atoms with van der Waals surface area (Å²) >= 11 is 0. The number of carbonyl (C=O) groups is 1. The topological polar surface area (TPSA) is 46.9 Å². The Morgan fingerprint density at radius 3 is 2.89 bits per heavy atom. The van der Waals surface area contributed by atoms with Crippen LogP contribution in [0.1, 0.15) is 56.9 Å². The van der Waals surface area contributed by atoms with Gasteiger partial charge < -0.3 is 5.32 Å². The van der Waals surface area contributed by atoms with Crippen LogP contribution in [-0.4, -0.2) is 21.2 Å². The lowest BCUT2D eigenvalue weighted by atomic mass is 9.99. The summed E-state index contributed by atoms with van der Waals surface area (Å²) in [7, 11) is 0. The summed E-state index contributed by atoms with van der Waals surface area (Å²) < 4.78 is 1.84. The van der Waals surface area contributed by atoms with E-state index in [4.69, 9.17) is 0 Å². The number of rotatable bonds is 6. The predicted octanol–water partition coefficient (Wildman–Crippen LogP) is 2.60.